The van der Waals surface area contributed by atoms with Crippen molar-refractivity contribution in [3.63, 3.8) is 0 Å². The minimum Gasteiger partial charge on any atom is -0.480 e. The number of nitrogens with zero attached hydrogens (tertiary/aromatic N) is 3. The van der Waals surface area contributed by atoms with Crippen LogP contribution < -0.4 is 5.32 Å². The number of aromatic nitrogens is 2. The number of hydrogen-bond acceptors (Lipinski definition) is 5. The van der Waals surface area contributed by atoms with Gasteiger partial charge in [-0.05, 0) is 52.6 Å². The fourth-order valence-corrected chi connectivity index (χ4v) is 3.35. The van der Waals surface area contributed by atoms with Gasteiger partial charge in [0.05, 0.1) is 11.7 Å². The van der Waals surface area contributed by atoms with Crippen LogP contribution in [0.25, 0.3) is 0 Å². The molecule has 138 valence electrons. The van der Waals surface area contributed by atoms with Crippen LogP contribution in [0, 0.1) is 6.92 Å². The highest BCUT2D eigenvalue weighted by Gasteiger charge is 2.27. The molecule has 7 nitrogen and oxygen atoms in total. The number of aliphatic carboxylic acids is 1. The van der Waals surface area contributed by atoms with Gasteiger partial charge in [0.1, 0.15) is 12.4 Å². The molecule has 1 saturated heterocycles. The molecule has 0 unspecified atom stereocenters. The van der Waals surface area contributed by atoms with E-state index in [1.54, 1.807) is 0 Å². The van der Waals surface area contributed by atoms with Crippen molar-refractivity contribution in [2.45, 2.75) is 65.0 Å². The Kier molecular flexibility index (Phi) is 6.87. The van der Waals surface area contributed by atoms with E-state index in [4.69, 9.17) is 5.11 Å². The van der Waals surface area contributed by atoms with Crippen molar-refractivity contribution in [2.24, 2.45) is 0 Å². The predicted molar refractivity (Wildman–Crippen MR) is 94.2 cm³/mol. The van der Waals surface area contributed by atoms with Crippen LogP contribution in [0.2, 0.25) is 0 Å². The Morgan fingerprint density at radius 3 is 2.80 bits per heavy atom. The lowest BCUT2D eigenvalue weighted by atomic mass is 9.96. The lowest BCUT2D eigenvalue weighted by molar-refractivity contribution is -0.137. The number of likely N-dealkylation sites (tertiary alicyclic amines) is 1. The Balaban J connectivity index is 2.06. The Morgan fingerprint density at radius 1 is 1.36 bits per heavy atom. The Labute approximate surface area is 148 Å². The van der Waals surface area contributed by atoms with Crippen LogP contribution in [0.4, 0.5) is 0 Å². The lowest BCUT2D eigenvalue weighted by Gasteiger charge is -2.38. The first-order valence-electron chi connectivity index (χ1n) is 8.95. The van der Waals surface area contributed by atoms with E-state index in [-0.39, 0.29) is 18.9 Å². The first kappa shape index (κ1) is 19.3. The minimum atomic E-state index is -1.04. The van der Waals surface area contributed by atoms with Gasteiger partial charge in [-0.3, -0.25) is 14.5 Å². The molecule has 7 heteroatoms. The third kappa shape index (κ3) is 5.77. The van der Waals surface area contributed by atoms with Gasteiger partial charge in [0.25, 0.3) is 0 Å². The Morgan fingerprint density at radius 2 is 2.12 bits per heavy atom. The fourth-order valence-electron chi connectivity index (χ4n) is 3.35. The topological polar surface area (TPSA) is 95.4 Å². The van der Waals surface area contributed by atoms with E-state index in [1.165, 1.54) is 12.8 Å². The van der Waals surface area contributed by atoms with Crippen molar-refractivity contribution in [2.75, 3.05) is 13.1 Å². The van der Waals surface area contributed by atoms with Gasteiger partial charge in [-0.1, -0.05) is 6.42 Å². The van der Waals surface area contributed by atoms with Crippen LogP contribution in [-0.4, -0.2) is 51.0 Å². The normalized spacial score (nSPS) is 18.3. The molecule has 1 fully saturated rings. The third-order valence-corrected chi connectivity index (χ3v) is 4.50. The monoisotopic (exact) mass is 348 g/mol. The molecular formula is C18H28N4O3. The fraction of sp³-hybridized carbons (Fsp3) is 0.667. The summed E-state index contributed by atoms with van der Waals surface area (Å²) in [4.78, 5) is 33.8. The van der Waals surface area contributed by atoms with Gasteiger partial charge in [0.2, 0.25) is 5.91 Å². The average Bonchev–Trinajstić information content (AvgIpc) is 2.57. The van der Waals surface area contributed by atoms with E-state index in [2.05, 4.69) is 34.0 Å². The molecule has 0 aliphatic carbocycles. The molecule has 1 aliphatic rings. The quantitative estimate of drug-likeness (QED) is 0.781. The van der Waals surface area contributed by atoms with Gasteiger partial charge in [-0.2, -0.15) is 0 Å². The van der Waals surface area contributed by atoms with Crippen molar-refractivity contribution in [1.29, 1.82) is 0 Å². The second kappa shape index (κ2) is 8.89. The Bertz CT molecular complexity index is 618. The molecule has 0 aromatic carbocycles. The summed E-state index contributed by atoms with van der Waals surface area (Å²) in [6, 6.07) is 2.77. The number of amides is 1. The van der Waals surface area contributed by atoms with Crippen LogP contribution >= 0.6 is 0 Å². The molecule has 1 aromatic rings. The SMILES string of the molecule is Cc1nc(CCC(=O)NCC(=O)O)cc([C@H]2CCCCN2C(C)C)n1. The predicted octanol–water partition coefficient (Wildman–Crippen LogP) is 1.85. The van der Waals surface area contributed by atoms with E-state index >= 15 is 0 Å². The maximum Gasteiger partial charge on any atom is 0.322 e. The van der Waals surface area contributed by atoms with Gasteiger partial charge in [0, 0.05) is 18.2 Å². The molecule has 2 N–H and O–H groups in total. The summed E-state index contributed by atoms with van der Waals surface area (Å²) < 4.78 is 0. The molecule has 1 aliphatic heterocycles. The molecule has 1 atom stereocenters. The van der Waals surface area contributed by atoms with Crippen molar-refractivity contribution in [1.82, 2.24) is 20.2 Å². The number of hydrogen-bond donors (Lipinski definition) is 2. The van der Waals surface area contributed by atoms with Crippen molar-refractivity contribution in [3.8, 4) is 0 Å². The molecule has 2 heterocycles. The van der Waals surface area contributed by atoms with E-state index in [0.29, 0.717) is 24.3 Å². The van der Waals surface area contributed by atoms with E-state index in [9.17, 15) is 9.59 Å². The van der Waals surface area contributed by atoms with Crippen molar-refractivity contribution >= 4 is 11.9 Å². The van der Waals surface area contributed by atoms with E-state index in [0.717, 1.165) is 24.4 Å². The number of carboxylic acid groups (broad SMARTS) is 1. The molecule has 0 spiro atoms. The average molecular weight is 348 g/mol. The van der Waals surface area contributed by atoms with Crippen LogP contribution in [0.3, 0.4) is 0 Å². The number of carbonyl (C=O) groups excluding carboxylic acids is 1. The van der Waals surface area contributed by atoms with Crippen molar-refractivity contribution in [3.05, 3.63) is 23.3 Å². The molecule has 0 saturated carbocycles. The zero-order valence-electron chi connectivity index (χ0n) is 15.3. The van der Waals surface area contributed by atoms with Gasteiger partial charge < -0.3 is 10.4 Å². The van der Waals surface area contributed by atoms with Gasteiger partial charge in [-0.15, -0.1) is 0 Å². The number of aryl methyl sites for hydroxylation is 2. The van der Waals surface area contributed by atoms with Crippen LogP contribution in [-0.2, 0) is 16.0 Å². The molecule has 0 radical (unpaired) electrons. The summed E-state index contributed by atoms with van der Waals surface area (Å²) in [5.41, 5.74) is 1.86. The molecular weight excluding hydrogens is 320 g/mol. The number of nitrogens with one attached hydrogen (secondary N) is 1. The van der Waals surface area contributed by atoms with Crippen LogP contribution in [0.5, 0.6) is 0 Å². The first-order chi connectivity index (χ1) is 11.9. The third-order valence-electron chi connectivity index (χ3n) is 4.50. The molecule has 2 rings (SSSR count). The van der Waals surface area contributed by atoms with Crippen molar-refractivity contribution < 1.29 is 14.7 Å². The van der Waals surface area contributed by atoms with Gasteiger partial charge >= 0.3 is 5.97 Å². The largest absolute Gasteiger partial charge is 0.480 e. The smallest absolute Gasteiger partial charge is 0.322 e. The zero-order chi connectivity index (χ0) is 18.4. The number of piperidine rings is 1. The number of carbonyl (C=O) groups is 2. The summed E-state index contributed by atoms with van der Waals surface area (Å²) in [5.74, 6) is -0.603. The molecule has 0 bridgehead atoms. The lowest BCUT2D eigenvalue weighted by Crippen LogP contribution is -2.39. The summed E-state index contributed by atoms with van der Waals surface area (Å²) in [6.45, 7) is 7.02. The van der Waals surface area contributed by atoms with E-state index in [1.807, 2.05) is 13.0 Å². The van der Waals surface area contributed by atoms with Gasteiger partial charge in [0.15, 0.2) is 0 Å². The number of carboxylic acids is 1. The second-order valence-corrected chi connectivity index (χ2v) is 6.84. The highest BCUT2D eigenvalue weighted by molar-refractivity contribution is 5.81. The minimum absolute atomic E-state index is 0.224. The molecule has 1 aromatic heterocycles. The summed E-state index contributed by atoms with van der Waals surface area (Å²) in [6.07, 6.45) is 4.21. The van der Waals surface area contributed by atoms with Crippen LogP contribution in [0.1, 0.15) is 62.8 Å². The van der Waals surface area contributed by atoms with E-state index < -0.39 is 5.97 Å². The molecule has 1 amide bonds. The number of rotatable bonds is 7. The second-order valence-electron chi connectivity index (χ2n) is 6.84. The van der Waals surface area contributed by atoms with Gasteiger partial charge in [-0.25, -0.2) is 9.97 Å². The standard InChI is InChI=1S/C18H28N4O3/c1-12(2)22-9-5-4-6-16(22)15-10-14(20-13(3)21-15)7-8-17(23)19-11-18(24)25/h10,12,16H,4-9,11H2,1-3H3,(H,19,23)(H,24,25)/t16-/m1/s1. The maximum absolute atomic E-state index is 11.7. The first-order valence-corrected chi connectivity index (χ1v) is 8.95. The Hall–Kier alpha value is -2.02. The summed E-state index contributed by atoms with van der Waals surface area (Å²) in [7, 11) is 0. The highest BCUT2D eigenvalue weighted by Crippen LogP contribution is 2.31. The highest BCUT2D eigenvalue weighted by atomic mass is 16.4. The molecule has 25 heavy (non-hydrogen) atoms. The maximum atomic E-state index is 11.7. The zero-order valence-corrected chi connectivity index (χ0v) is 15.3. The van der Waals surface area contributed by atoms with Crippen LogP contribution in [0.15, 0.2) is 6.07 Å². The summed E-state index contributed by atoms with van der Waals surface area (Å²) in [5, 5.41) is 11.0. The summed E-state index contributed by atoms with van der Waals surface area (Å²) >= 11 is 0.